The van der Waals surface area contributed by atoms with Gasteiger partial charge in [-0.25, -0.2) is 9.66 Å². The Morgan fingerprint density at radius 3 is 2.50 bits per heavy atom. The molecule has 0 bridgehead atoms. The number of benzene rings is 1. The molecule has 0 amide bonds. The Hall–Kier alpha value is -2.37. The van der Waals surface area contributed by atoms with E-state index in [1.165, 1.54) is 4.68 Å². The molecule has 0 saturated heterocycles. The van der Waals surface area contributed by atoms with E-state index >= 15 is 0 Å². The zero-order chi connectivity index (χ0) is 14.3. The van der Waals surface area contributed by atoms with E-state index in [-0.39, 0.29) is 0 Å². The minimum absolute atomic E-state index is 0.441. The van der Waals surface area contributed by atoms with Crippen molar-refractivity contribution in [2.75, 3.05) is 25.8 Å². The molecule has 1 aliphatic carbocycles. The van der Waals surface area contributed by atoms with E-state index in [0.29, 0.717) is 28.9 Å². The van der Waals surface area contributed by atoms with Crippen molar-refractivity contribution in [3.05, 3.63) is 24.0 Å². The number of nitrogens with two attached hydrogens (primary N) is 2. The molecule has 1 saturated carbocycles. The fourth-order valence-corrected chi connectivity index (χ4v) is 2.29. The summed E-state index contributed by atoms with van der Waals surface area (Å²) in [5.41, 5.74) is 7.62. The number of imidazole rings is 1. The molecule has 1 aromatic carbocycles. The Morgan fingerprint density at radius 1 is 1.20 bits per heavy atom. The van der Waals surface area contributed by atoms with E-state index in [9.17, 15) is 0 Å². The minimum atomic E-state index is 0.441. The molecule has 3 rings (SSSR count). The van der Waals surface area contributed by atoms with E-state index in [1.807, 2.05) is 18.2 Å². The second-order valence-corrected chi connectivity index (χ2v) is 4.92. The number of ether oxygens (including phenoxy) is 2. The second-order valence-electron chi connectivity index (χ2n) is 4.92. The van der Waals surface area contributed by atoms with Crippen LogP contribution in [-0.4, -0.2) is 23.9 Å². The molecule has 2 aromatic rings. The van der Waals surface area contributed by atoms with Gasteiger partial charge in [0.25, 0.3) is 0 Å². The van der Waals surface area contributed by atoms with Crippen LogP contribution in [0.3, 0.4) is 0 Å². The van der Waals surface area contributed by atoms with Crippen molar-refractivity contribution in [2.24, 2.45) is 0 Å². The third-order valence-electron chi connectivity index (χ3n) is 3.57. The highest BCUT2D eigenvalue weighted by Gasteiger charge is 2.30. The maximum Gasteiger partial charge on any atom is 0.161 e. The van der Waals surface area contributed by atoms with Crippen molar-refractivity contribution in [3.63, 3.8) is 0 Å². The third-order valence-corrected chi connectivity index (χ3v) is 3.57. The van der Waals surface area contributed by atoms with E-state index in [0.717, 1.165) is 24.2 Å². The maximum absolute atomic E-state index is 6.07. The van der Waals surface area contributed by atoms with Crippen molar-refractivity contribution in [1.29, 1.82) is 0 Å². The number of methoxy groups -OCH3 is 2. The molecular formula is C14H18N4O2. The van der Waals surface area contributed by atoms with Crippen molar-refractivity contribution in [2.45, 2.75) is 18.8 Å². The molecular weight excluding hydrogens is 256 g/mol. The highest BCUT2D eigenvalue weighted by atomic mass is 16.5. The lowest BCUT2D eigenvalue weighted by molar-refractivity contribution is 0.355. The first-order chi connectivity index (χ1) is 9.65. The van der Waals surface area contributed by atoms with Gasteiger partial charge in [0, 0.05) is 11.5 Å². The summed E-state index contributed by atoms with van der Waals surface area (Å²) in [6, 6.07) is 5.59. The van der Waals surface area contributed by atoms with Gasteiger partial charge < -0.3 is 21.1 Å². The fourth-order valence-electron chi connectivity index (χ4n) is 2.29. The number of hydrogen-bond acceptors (Lipinski definition) is 5. The number of nitrogen functional groups attached to an aromatic ring is 2. The molecule has 4 N–H and O–H groups in total. The summed E-state index contributed by atoms with van der Waals surface area (Å²) in [5, 5.41) is 0. The van der Waals surface area contributed by atoms with E-state index in [4.69, 9.17) is 21.1 Å². The molecule has 20 heavy (non-hydrogen) atoms. The van der Waals surface area contributed by atoms with E-state index < -0.39 is 0 Å². The molecule has 0 aliphatic heterocycles. The predicted octanol–water partition coefficient (Wildman–Crippen LogP) is 1.74. The van der Waals surface area contributed by atoms with Gasteiger partial charge in [0.05, 0.1) is 14.2 Å². The molecule has 1 aliphatic rings. The zero-order valence-electron chi connectivity index (χ0n) is 11.6. The Bertz CT molecular complexity index is 647. The van der Waals surface area contributed by atoms with Crippen LogP contribution in [0.5, 0.6) is 11.5 Å². The molecule has 1 fully saturated rings. The fraction of sp³-hybridized carbons (Fsp3) is 0.357. The van der Waals surface area contributed by atoms with Gasteiger partial charge in [0.2, 0.25) is 0 Å². The maximum atomic E-state index is 6.07. The monoisotopic (exact) mass is 274 g/mol. The SMILES string of the molecule is COc1ccc(-c2nc(C3CC3)n(N)c2N)cc1OC. The van der Waals surface area contributed by atoms with Crippen LogP contribution in [0, 0.1) is 0 Å². The summed E-state index contributed by atoms with van der Waals surface area (Å²) in [4.78, 5) is 4.59. The van der Waals surface area contributed by atoms with Crippen molar-refractivity contribution in [3.8, 4) is 22.8 Å². The van der Waals surface area contributed by atoms with Gasteiger partial charge >= 0.3 is 0 Å². The van der Waals surface area contributed by atoms with Crippen molar-refractivity contribution >= 4 is 5.82 Å². The Balaban J connectivity index is 2.06. The summed E-state index contributed by atoms with van der Waals surface area (Å²) >= 11 is 0. The summed E-state index contributed by atoms with van der Waals surface area (Å²) < 4.78 is 12.0. The lowest BCUT2D eigenvalue weighted by Crippen LogP contribution is -2.14. The Kier molecular flexibility index (Phi) is 2.93. The first-order valence-corrected chi connectivity index (χ1v) is 6.51. The molecule has 1 aromatic heterocycles. The molecule has 1 heterocycles. The number of nitrogens with zero attached hydrogens (tertiary/aromatic N) is 2. The lowest BCUT2D eigenvalue weighted by atomic mass is 10.1. The topological polar surface area (TPSA) is 88.3 Å². The van der Waals surface area contributed by atoms with Crippen LogP contribution in [0.2, 0.25) is 0 Å². The highest BCUT2D eigenvalue weighted by Crippen LogP contribution is 2.42. The quantitative estimate of drug-likeness (QED) is 0.829. The summed E-state index contributed by atoms with van der Waals surface area (Å²) in [5.74, 6) is 9.06. The molecule has 106 valence electrons. The molecule has 0 spiro atoms. The van der Waals surface area contributed by atoms with Crippen LogP contribution in [0.25, 0.3) is 11.3 Å². The standard InChI is InChI=1S/C14H18N4O2/c1-19-10-6-5-9(7-11(10)20-2)12-13(15)18(16)14(17-12)8-3-4-8/h5-8H,3-4,15-16H2,1-2H3. The summed E-state index contributed by atoms with van der Waals surface area (Å²) in [6.07, 6.45) is 2.25. The van der Waals surface area contributed by atoms with Gasteiger partial charge in [-0.15, -0.1) is 0 Å². The second kappa shape index (κ2) is 4.63. The van der Waals surface area contributed by atoms with Crippen LogP contribution in [0.4, 0.5) is 5.82 Å². The highest BCUT2D eigenvalue weighted by molar-refractivity contribution is 5.73. The molecule has 0 radical (unpaired) electrons. The van der Waals surface area contributed by atoms with E-state index in [2.05, 4.69) is 4.98 Å². The minimum Gasteiger partial charge on any atom is -0.493 e. The smallest absolute Gasteiger partial charge is 0.161 e. The Morgan fingerprint density at radius 2 is 1.90 bits per heavy atom. The average molecular weight is 274 g/mol. The summed E-state index contributed by atoms with van der Waals surface area (Å²) in [7, 11) is 3.20. The van der Waals surface area contributed by atoms with E-state index in [1.54, 1.807) is 14.2 Å². The van der Waals surface area contributed by atoms with Crippen LogP contribution >= 0.6 is 0 Å². The van der Waals surface area contributed by atoms with Gasteiger partial charge in [0.1, 0.15) is 11.5 Å². The first-order valence-electron chi connectivity index (χ1n) is 6.51. The third kappa shape index (κ3) is 1.93. The van der Waals surface area contributed by atoms with Gasteiger partial charge in [-0.3, -0.25) is 0 Å². The van der Waals surface area contributed by atoms with Crippen molar-refractivity contribution < 1.29 is 9.47 Å². The largest absolute Gasteiger partial charge is 0.493 e. The molecule has 6 heteroatoms. The number of hydrogen-bond donors (Lipinski definition) is 2. The summed E-state index contributed by atoms with van der Waals surface area (Å²) in [6.45, 7) is 0. The lowest BCUT2D eigenvalue weighted by Gasteiger charge is -2.08. The molecule has 0 unspecified atom stereocenters. The van der Waals surface area contributed by atoms with Crippen LogP contribution < -0.4 is 21.1 Å². The first kappa shape index (κ1) is 12.7. The zero-order valence-corrected chi connectivity index (χ0v) is 11.6. The predicted molar refractivity (Wildman–Crippen MR) is 77.3 cm³/mol. The van der Waals surface area contributed by atoms with Crippen LogP contribution in [0.1, 0.15) is 24.6 Å². The van der Waals surface area contributed by atoms with Crippen LogP contribution in [0.15, 0.2) is 18.2 Å². The number of aromatic nitrogens is 2. The Labute approximate surface area is 117 Å². The van der Waals surface area contributed by atoms with Gasteiger partial charge in [-0.2, -0.15) is 0 Å². The molecule has 6 nitrogen and oxygen atoms in total. The van der Waals surface area contributed by atoms with Gasteiger partial charge in [0.15, 0.2) is 17.3 Å². The van der Waals surface area contributed by atoms with Gasteiger partial charge in [-0.1, -0.05) is 0 Å². The number of anilines is 1. The normalized spacial score (nSPS) is 14.3. The van der Waals surface area contributed by atoms with Crippen molar-refractivity contribution in [1.82, 2.24) is 9.66 Å². The number of rotatable bonds is 4. The molecule has 0 atom stereocenters. The van der Waals surface area contributed by atoms with Crippen LogP contribution in [-0.2, 0) is 0 Å². The van der Waals surface area contributed by atoms with Gasteiger partial charge in [-0.05, 0) is 31.0 Å². The average Bonchev–Trinajstić information content (AvgIpc) is 3.27.